The van der Waals surface area contributed by atoms with Gasteiger partial charge < -0.3 is 24.5 Å². The predicted molar refractivity (Wildman–Crippen MR) is 145 cm³/mol. The average Bonchev–Trinajstić information content (AvgIpc) is 3.32. The van der Waals surface area contributed by atoms with Crippen LogP contribution in [0, 0.1) is 12.8 Å². The lowest BCUT2D eigenvalue weighted by Crippen LogP contribution is -2.55. The van der Waals surface area contributed by atoms with E-state index in [0.717, 1.165) is 29.0 Å². The number of ketones is 1. The molecule has 39 heavy (non-hydrogen) atoms. The summed E-state index contributed by atoms with van der Waals surface area (Å²) in [7, 11) is 0. The summed E-state index contributed by atoms with van der Waals surface area (Å²) in [5, 5.41) is 5.26. The van der Waals surface area contributed by atoms with Crippen molar-refractivity contribution in [3.63, 3.8) is 0 Å². The summed E-state index contributed by atoms with van der Waals surface area (Å²) < 4.78 is 17.4. The Hall–Kier alpha value is -3.82. The number of hydrogen-bond donors (Lipinski definition) is 2. The molecule has 2 aromatic carbocycles. The van der Waals surface area contributed by atoms with Gasteiger partial charge in [-0.2, -0.15) is 0 Å². The maximum atomic E-state index is 12.8. The number of hydrogen-bond acceptors (Lipinski definition) is 7. The molecule has 206 valence electrons. The topological polar surface area (TPSA) is 120 Å². The number of rotatable bonds is 11. The Morgan fingerprint density at radius 2 is 1.67 bits per heavy atom. The van der Waals surface area contributed by atoms with E-state index in [2.05, 4.69) is 15.6 Å². The standard InChI is InChI=1S/C30H35N3O6/c1-20(34)26(16-22-10-6-4-7-11-22)32-27(35)17-31-29(36)30(3)37-18-23(19-38-30)14-15-25-21(2)39-28(33-25)24-12-8-5-9-13-24/h4-13,23,26H,14-19H2,1-3H3,(H,31,36)(H,32,35). The summed E-state index contributed by atoms with van der Waals surface area (Å²) in [5.41, 5.74) is 2.75. The fourth-order valence-electron chi connectivity index (χ4n) is 4.36. The van der Waals surface area contributed by atoms with Gasteiger partial charge in [0.1, 0.15) is 5.76 Å². The molecular formula is C30H35N3O6. The fourth-order valence-corrected chi connectivity index (χ4v) is 4.36. The summed E-state index contributed by atoms with van der Waals surface area (Å²) >= 11 is 0. The Balaban J connectivity index is 1.21. The highest BCUT2D eigenvalue weighted by atomic mass is 16.7. The Morgan fingerprint density at radius 1 is 1.03 bits per heavy atom. The highest BCUT2D eigenvalue weighted by Crippen LogP contribution is 2.26. The minimum absolute atomic E-state index is 0.0831. The van der Waals surface area contributed by atoms with Crippen LogP contribution in [0.3, 0.4) is 0 Å². The van der Waals surface area contributed by atoms with E-state index in [1.54, 1.807) is 0 Å². The number of carbonyl (C=O) groups is 3. The SMILES string of the molecule is CC(=O)C(Cc1ccccc1)NC(=O)CNC(=O)C1(C)OCC(CCc2nc(-c3ccccc3)oc2C)CO1. The first kappa shape index (κ1) is 28.2. The molecule has 3 aromatic rings. The van der Waals surface area contributed by atoms with E-state index in [-0.39, 0.29) is 18.2 Å². The second kappa shape index (κ2) is 12.8. The number of oxazole rings is 1. The normalized spacial score (nSPS) is 19.7. The van der Waals surface area contributed by atoms with Crippen LogP contribution in [-0.2, 0) is 36.7 Å². The number of nitrogens with zero attached hydrogens (tertiary/aromatic N) is 1. The van der Waals surface area contributed by atoms with Crippen LogP contribution in [0.4, 0.5) is 0 Å². The summed E-state index contributed by atoms with van der Waals surface area (Å²) in [6, 6.07) is 18.5. The van der Waals surface area contributed by atoms with Gasteiger partial charge in [-0.3, -0.25) is 14.4 Å². The average molecular weight is 534 g/mol. The Kier molecular flexibility index (Phi) is 9.27. The zero-order valence-corrected chi connectivity index (χ0v) is 22.6. The minimum atomic E-state index is -1.49. The van der Waals surface area contributed by atoms with Crippen LogP contribution in [0.25, 0.3) is 11.5 Å². The van der Waals surface area contributed by atoms with Gasteiger partial charge >= 0.3 is 0 Å². The third-order valence-corrected chi connectivity index (χ3v) is 6.82. The first-order valence-corrected chi connectivity index (χ1v) is 13.1. The Morgan fingerprint density at radius 3 is 2.31 bits per heavy atom. The van der Waals surface area contributed by atoms with Gasteiger partial charge in [0.15, 0.2) is 5.78 Å². The molecule has 0 spiro atoms. The molecule has 1 unspecified atom stereocenters. The Labute approximate surface area is 228 Å². The molecule has 0 radical (unpaired) electrons. The quantitative estimate of drug-likeness (QED) is 0.388. The smallest absolute Gasteiger partial charge is 0.280 e. The fraction of sp³-hybridized carbons (Fsp3) is 0.400. The van der Waals surface area contributed by atoms with E-state index < -0.39 is 23.6 Å². The number of nitrogens with one attached hydrogen (secondary N) is 2. The van der Waals surface area contributed by atoms with E-state index >= 15 is 0 Å². The van der Waals surface area contributed by atoms with E-state index in [9.17, 15) is 14.4 Å². The predicted octanol–water partition coefficient (Wildman–Crippen LogP) is 3.39. The van der Waals surface area contributed by atoms with Crippen LogP contribution >= 0.6 is 0 Å². The lowest BCUT2D eigenvalue weighted by atomic mass is 10.0. The highest BCUT2D eigenvalue weighted by molar-refractivity contribution is 5.91. The zero-order chi connectivity index (χ0) is 27.8. The van der Waals surface area contributed by atoms with Crippen molar-refractivity contribution in [1.82, 2.24) is 15.6 Å². The zero-order valence-electron chi connectivity index (χ0n) is 22.6. The molecule has 1 saturated heterocycles. The summed E-state index contributed by atoms with van der Waals surface area (Å²) in [5.74, 6) is -1.20. The van der Waals surface area contributed by atoms with Crippen LogP contribution in [-0.4, -0.2) is 54.2 Å². The summed E-state index contributed by atoms with van der Waals surface area (Å²) in [4.78, 5) is 41.9. The molecule has 1 fully saturated rings. The van der Waals surface area contributed by atoms with Crippen molar-refractivity contribution < 1.29 is 28.3 Å². The van der Waals surface area contributed by atoms with Gasteiger partial charge in [-0.05, 0) is 57.7 Å². The van der Waals surface area contributed by atoms with Gasteiger partial charge in [0.25, 0.3) is 5.91 Å². The van der Waals surface area contributed by atoms with Crippen molar-refractivity contribution in [3.05, 3.63) is 77.7 Å². The third-order valence-electron chi connectivity index (χ3n) is 6.82. The number of carbonyl (C=O) groups excluding carboxylic acids is 3. The van der Waals surface area contributed by atoms with Crippen LogP contribution in [0.2, 0.25) is 0 Å². The second-order valence-electron chi connectivity index (χ2n) is 9.96. The molecule has 0 bridgehead atoms. The van der Waals surface area contributed by atoms with Crippen LogP contribution in [0.1, 0.15) is 37.3 Å². The molecule has 1 aliphatic rings. The first-order chi connectivity index (χ1) is 18.7. The number of amides is 2. The highest BCUT2D eigenvalue weighted by Gasteiger charge is 2.40. The second-order valence-corrected chi connectivity index (χ2v) is 9.96. The van der Waals surface area contributed by atoms with Gasteiger partial charge in [0.2, 0.25) is 17.6 Å². The molecule has 1 atom stereocenters. The van der Waals surface area contributed by atoms with Crippen molar-refractivity contribution in [3.8, 4) is 11.5 Å². The maximum Gasteiger partial charge on any atom is 0.280 e. The molecule has 2 heterocycles. The molecule has 9 nitrogen and oxygen atoms in total. The van der Waals surface area contributed by atoms with Crippen molar-refractivity contribution in [2.45, 2.75) is 51.9 Å². The number of aryl methyl sites for hydroxylation is 2. The first-order valence-electron chi connectivity index (χ1n) is 13.1. The van der Waals surface area contributed by atoms with Crippen LogP contribution in [0.5, 0.6) is 0 Å². The molecule has 0 saturated carbocycles. The van der Waals surface area contributed by atoms with Crippen molar-refractivity contribution >= 4 is 17.6 Å². The van der Waals surface area contributed by atoms with Crippen LogP contribution < -0.4 is 10.6 Å². The number of benzene rings is 2. The van der Waals surface area contributed by atoms with Gasteiger partial charge in [-0.15, -0.1) is 0 Å². The molecular weight excluding hydrogens is 498 g/mol. The minimum Gasteiger partial charge on any atom is -0.441 e. The van der Waals surface area contributed by atoms with Gasteiger partial charge in [0, 0.05) is 11.5 Å². The summed E-state index contributed by atoms with van der Waals surface area (Å²) in [6.07, 6.45) is 1.83. The van der Waals surface area contributed by atoms with Gasteiger partial charge in [-0.1, -0.05) is 48.5 Å². The lowest BCUT2D eigenvalue weighted by Gasteiger charge is -2.36. The van der Waals surface area contributed by atoms with Crippen molar-refractivity contribution in [1.29, 1.82) is 0 Å². The molecule has 2 N–H and O–H groups in total. The summed E-state index contributed by atoms with van der Waals surface area (Å²) in [6.45, 7) is 5.25. The Bertz CT molecular complexity index is 1270. The number of Topliss-reactive ketones (excluding diaryl/α,β-unsaturated/α-hetero) is 1. The molecule has 1 aliphatic heterocycles. The third kappa shape index (κ3) is 7.61. The van der Waals surface area contributed by atoms with Gasteiger partial charge in [-0.25, -0.2) is 4.98 Å². The van der Waals surface area contributed by atoms with E-state index in [1.165, 1.54) is 13.8 Å². The lowest BCUT2D eigenvalue weighted by molar-refractivity contribution is -0.260. The molecule has 4 rings (SSSR count). The van der Waals surface area contributed by atoms with E-state index in [4.69, 9.17) is 13.9 Å². The van der Waals surface area contributed by atoms with Gasteiger partial charge in [0.05, 0.1) is 31.5 Å². The van der Waals surface area contributed by atoms with E-state index in [1.807, 2.05) is 67.6 Å². The van der Waals surface area contributed by atoms with E-state index in [0.29, 0.717) is 31.9 Å². The molecule has 9 heteroatoms. The molecule has 1 aromatic heterocycles. The van der Waals surface area contributed by atoms with Crippen molar-refractivity contribution in [2.75, 3.05) is 19.8 Å². The largest absolute Gasteiger partial charge is 0.441 e. The van der Waals surface area contributed by atoms with Crippen molar-refractivity contribution in [2.24, 2.45) is 5.92 Å². The molecule has 2 amide bonds. The maximum absolute atomic E-state index is 12.8. The number of ether oxygens (including phenoxy) is 2. The van der Waals surface area contributed by atoms with Crippen LogP contribution in [0.15, 0.2) is 65.1 Å². The monoisotopic (exact) mass is 533 g/mol. The molecule has 0 aliphatic carbocycles. The number of aromatic nitrogens is 1.